The molecule has 0 saturated carbocycles. The highest BCUT2D eigenvalue weighted by molar-refractivity contribution is 5.94. The van der Waals surface area contributed by atoms with E-state index in [0.29, 0.717) is 39.1 Å². The Balaban J connectivity index is 1.96. The lowest BCUT2D eigenvalue weighted by molar-refractivity contribution is -0.141. The van der Waals surface area contributed by atoms with Gasteiger partial charge >= 0.3 is 0 Å². The van der Waals surface area contributed by atoms with Gasteiger partial charge < -0.3 is 15.0 Å². The third-order valence-electron chi connectivity index (χ3n) is 4.23. The summed E-state index contributed by atoms with van der Waals surface area (Å²) in [5.74, 6) is -0.0791. The Kier molecular flexibility index (Phi) is 6.10. The minimum atomic E-state index is -0.793. The standard InChI is InChI=1S/C17H25N3O3/c1-3-23-11-5-10-19-16(22)17(2)8-7-15(21)20(17)13-14-6-4-9-18-12-14/h4,6,9,12H,3,5,7-8,10-11,13H2,1-2H3,(H,19,22). The van der Waals surface area contributed by atoms with E-state index in [0.717, 1.165) is 12.0 Å². The molecule has 0 radical (unpaired) electrons. The number of hydrogen-bond donors (Lipinski definition) is 1. The Morgan fingerprint density at radius 2 is 2.35 bits per heavy atom. The number of rotatable bonds is 8. The Hall–Kier alpha value is -1.95. The van der Waals surface area contributed by atoms with Crippen molar-refractivity contribution in [3.63, 3.8) is 0 Å². The fourth-order valence-corrected chi connectivity index (χ4v) is 2.78. The maximum Gasteiger partial charge on any atom is 0.245 e. The Morgan fingerprint density at radius 3 is 3.04 bits per heavy atom. The van der Waals surface area contributed by atoms with Gasteiger partial charge in [-0.1, -0.05) is 6.07 Å². The summed E-state index contributed by atoms with van der Waals surface area (Å²) in [6, 6.07) is 3.75. The lowest BCUT2D eigenvalue weighted by atomic mass is 9.97. The molecule has 2 heterocycles. The van der Waals surface area contributed by atoms with E-state index in [2.05, 4.69) is 10.3 Å². The quantitative estimate of drug-likeness (QED) is 0.737. The second kappa shape index (κ2) is 8.06. The van der Waals surface area contributed by atoms with Crippen molar-refractivity contribution < 1.29 is 14.3 Å². The van der Waals surface area contributed by atoms with Gasteiger partial charge in [-0.15, -0.1) is 0 Å². The first-order valence-corrected chi connectivity index (χ1v) is 8.13. The van der Waals surface area contributed by atoms with Crippen molar-refractivity contribution >= 4 is 11.8 Å². The first-order chi connectivity index (χ1) is 11.1. The topological polar surface area (TPSA) is 71.5 Å². The highest BCUT2D eigenvalue weighted by Gasteiger charge is 2.46. The number of nitrogens with one attached hydrogen (secondary N) is 1. The molecule has 1 aliphatic heterocycles. The van der Waals surface area contributed by atoms with Crippen LogP contribution in [0.2, 0.25) is 0 Å². The van der Waals surface area contributed by atoms with E-state index in [9.17, 15) is 9.59 Å². The number of likely N-dealkylation sites (tertiary alicyclic amines) is 1. The van der Waals surface area contributed by atoms with Crippen LogP contribution in [0.15, 0.2) is 24.5 Å². The van der Waals surface area contributed by atoms with Gasteiger partial charge in [-0.25, -0.2) is 0 Å². The summed E-state index contributed by atoms with van der Waals surface area (Å²) in [6.45, 7) is 6.07. The first kappa shape index (κ1) is 17.4. The minimum Gasteiger partial charge on any atom is -0.382 e. The van der Waals surface area contributed by atoms with Crippen LogP contribution in [0.1, 0.15) is 38.7 Å². The molecule has 1 saturated heterocycles. The summed E-state index contributed by atoms with van der Waals surface area (Å²) in [5.41, 5.74) is 0.136. The van der Waals surface area contributed by atoms with Crippen LogP contribution >= 0.6 is 0 Å². The molecule has 6 nitrogen and oxygen atoms in total. The van der Waals surface area contributed by atoms with Gasteiger partial charge in [0.15, 0.2) is 0 Å². The molecule has 1 aromatic rings. The molecular weight excluding hydrogens is 294 g/mol. The molecule has 0 aliphatic carbocycles. The normalized spacial score (nSPS) is 20.8. The van der Waals surface area contributed by atoms with Crippen LogP contribution in [0.4, 0.5) is 0 Å². The lowest BCUT2D eigenvalue weighted by Gasteiger charge is -2.34. The largest absolute Gasteiger partial charge is 0.382 e. The number of amides is 2. The van der Waals surface area contributed by atoms with Gasteiger partial charge in [0, 0.05) is 45.1 Å². The van der Waals surface area contributed by atoms with Crippen molar-refractivity contribution in [1.82, 2.24) is 15.2 Å². The fraction of sp³-hybridized carbons (Fsp3) is 0.588. The number of hydrogen-bond acceptors (Lipinski definition) is 4. The SMILES string of the molecule is CCOCCCNC(=O)C1(C)CCC(=O)N1Cc1cccnc1. The molecule has 6 heteroatoms. The molecule has 2 rings (SSSR count). The van der Waals surface area contributed by atoms with E-state index in [1.54, 1.807) is 17.3 Å². The van der Waals surface area contributed by atoms with Crippen LogP contribution in [0.3, 0.4) is 0 Å². The highest BCUT2D eigenvalue weighted by atomic mass is 16.5. The number of aromatic nitrogens is 1. The van der Waals surface area contributed by atoms with Crippen molar-refractivity contribution in [2.75, 3.05) is 19.8 Å². The number of carbonyl (C=O) groups excluding carboxylic acids is 2. The van der Waals surface area contributed by atoms with E-state index in [4.69, 9.17) is 4.74 Å². The second-order valence-corrected chi connectivity index (χ2v) is 5.92. The number of ether oxygens (including phenoxy) is 1. The van der Waals surface area contributed by atoms with Crippen LogP contribution < -0.4 is 5.32 Å². The smallest absolute Gasteiger partial charge is 0.245 e. The fourth-order valence-electron chi connectivity index (χ4n) is 2.78. The Labute approximate surface area is 137 Å². The molecule has 0 spiro atoms. The van der Waals surface area contributed by atoms with Gasteiger partial charge in [0.1, 0.15) is 5.54 Å². The maximum absolute atomic E-state index is 12.6. The molecule has 126 valence electrons. The highest BCUT2D eigenvalue weighted by Crippen LogP contribution is 2.31. The molecule has 23 heavy (non-hydrogen) atoms. The van der Waals surface area contributed by atoms with Gasteiger partial charge in [-0.05, 0) is 38.3 Å². The second-order valence-electron chi connectivity index (χ2n) is 5.92. The molecule has 1 aromatic heterocycles. The number of nitrogens with zero attached hydrogens (tertiary/aromatic N) is 2. The zero-order chi connectivity index (χ0) is 16.7. The molecular formula is C17H25N3O3. The zero-order valence-corrected chi connectivity index (χ0v) is 13.9. The summed E-state index contributed by atoms with van der Waals surface area (Å²) < 4.78 is 5.26. The van der Waals surface area contributed by atoms with E-state index in [1.165, 1.54) is 0 Å². The van der Waals surface area contributed by atoms with Crippen molar-refractivity contribution in [3.05, 3.63) is 30.1 Å². The summed E-state index contributed by atoms with van der Waals surface area (Å²) in [7, 11) is 0. The molecule has 1 fully saturated rings. The van der Waals surface area contributed by atoms with Gasteiger partial charge in [-0.2, -0.15) is 0 Å². The molecule has 1 atom stereocenters. The van der Waals surface area contributed by atoms with Crippen LogP contribution in [0.5, 0.6) is 0 Å². The van der Waals surface area contributed by atoms with Crippen molar-refractivity contribution in [3.8, 4) is 0 Å². The van der Waals surface area contributed by atoms with Crippen LogP contribution in [-0.4, -0.2) is 47.0 Å². The summed E-state index contributed by atoms with van der Waals surface area (Å²) in [4.78, 5) is 30.5. The summed E-state index contributed by atoms with van der Waals surface area (Å²) in [6.07, 6.45) is 5.14. The molecule has 1 unspecified atom stereocenters. The molecule has 0 bridgehead atoms. The summed E-state index contributed by atoms with van der Waals surface area (Å²) in [5, 5.41) is 2.93. The monoisotopic (exact) mass is 319 g/mol. The van der Waals surface area contributed by atoms with Crippen molar-refractivity contribution in [2.24, 2.45) is 0 Å². The number of pyridine rings is 1. The van der Waals surface area contributed by atoms with E-state index in [1.807, 2.05) is 26.0 Å². The minimum absolute atomic E-state index is 0.0146. The maximum atomic E-state index is 12.6. The molecule has 0 aromatic carbocycles. The van der Waals surface area contributed by atoms with Crippen LogP contribution in [-0.2, 0) is 20.9 Å². The number of carbonyl (C=O) groups is 2. The van der Waals surface area contributed by atoms with Crippen LogP contribution in [0, 0.1) is 0 Å². The lowest BCUT2D eigenvalue weighted by Crippen LogP contribution is -2.54. The van der Waals surface area contributed by atoms with Crippen LogP contribution in [0.25, 0.3) is 0 Å². The molecule has 1 N–H and O–H groups in total. The van der Waals surface area contributed by atoms with E-state index in [-0.39, 0.29) is 11.8 Å². The third kappa shape index (κ3) is 4.28. The average Bonchev–Trinajstić information content (AvgIpc) is 2.85. The zero-order valence-electron chi connectivity index (χ0n) is 13.9. The van der Waals surface area contributed by atoms with Crippen molar-refractivity contribution in [2.45, 2.75) is 45.2 Å². The van der Waals surface area contributed by atoms with E-state index < -0.39 is 5.54 Å². The van der Waals surface area contributed by atoms with Gasteiger partial charge in [0.25, 0.3) is 0 Å². The van der Waals surface area contributed by atoms with Gasteiger partial charge in [-0.3, -0.25) is 14.6 Å². The summed E-state index contributed by atoms with van der Waals surface area (Å²) >= 11 is 0. The Morgan fingerprint density at radius 1 is 1.52 bits per heavy atom. The molecule has 1 aliphatic rings. The molecule has 2 amide bonds. The first-order valence-electron chi connectivity index (χ1n) is 8.13. The van der Waals surface area contributed by atoms with Gasteiger partial charge in [0.05, 0.1) is 0 Å². The Bertz CT molecular complexity index is 535. The predicted molar refractivity (Wildman–Crippen MR) is 86.5 cm³/mol. The van der Waals surface area contributed by atoms with Gasteiger partial charge in [0.2, 0.25) is 11.8 Å². The van der Waals surface area contributed by atoms with E-state index >= 15 is 0 Å². The third-order valence-corrected chi connectivity index (χ3v) is 4.23. The van der Waals surface area contributed by atoms with Crippen molar-refractivity contribution in [1.29, 1.82) is 0 Å². The predicted octanol–water partition coefficient (Wildman–Crippen LogP) is 1.51. The average molecular weight is 319 g/mol.